The van der Waals surface area contributed by atoms with Crippen molar-refractivity contribution < 1.29 is 4.79 Å². The molecule has 0 radical (unpaired) electrons. The number of para-hydroxylation sites is 1. The number of carbonyl (C=O) groups is 1. The summed E-state index contributed by atoms with van der Waals surface area (Å²) in [6.07, 6.45) is 6.04. The van der Waals surface area contributed by atoms with Crippen molar-refractivity contribution in [3.05, 3.63) is 60.3 Å². The van der Waals surface area contributed by atoms with Crippen LogP contribution in [-0.4, -0.2) is 30.5 Å². The molecule has 1 saturated carbocycles. The van der Waals surface area contributed by atoms with Gasteiger partial charge in [0.05, 0.1) is 0 Å². The van der Waals surface area contributed by atoms with Crippen LogP contribution in [0.1, 0.15) is 12.0 Å². The highest BCUT2D eigenvalue weighted by molar-refractivity contribution is 5.91. The summed E-state index contributed by atoms with van der Waals surface area (Å²) < 4.78 is 0. The van der Waals surface area contributed by atoms with E-state index in [1.54, 1.807) is 24.4 Å². The maximum absolute atomic E-state index is 11.9. The Morgan fingerprint density at radius 3 is 2.65 bits per heavy atom. The minimum Gasteiger partial charge on any atom is -0.384 e. The molecule has 3 atom stereocenters. The Morgan fingerprint density at radius 2 is 1.96 bits per heavy atom. The molecule has 4 rings (SSSR count). The Labute approximate surface area is 153 Å². The smallest absolute Gasteiger partial charge is 0.244 e. The highest BCUT2D eigenvalue weighted by atomic mass is 16.1. The zero-order valence-electron chi connectivity index (χ0n) is 14.7. The van der Waals surface area contributed by atoms with E-state index in [-0.39, 0.29) is 5.91 Å². The number of amides is 1. The monoisotopic (exact) mass is 348 g/mol. The highest BCUT2D eigenvalue weighted by Crippen LogP contribution is 2.54. The Morgan fingerprint density at radius 1 is 1.19 bits per heavy atom. The molecule has 5 heteroatoms. The van der Waals surface area contributed by atoms with Crippen molar-refractivity contribution in [1.82, 2.24) is 10.3 Å². The molecule has 0 bridgehead atoms. The molecule has 2 unspecified atom stereocenters. The van der Waals surface area contributed by atoms with E-state index >= 15 is 0 Å². The average molecular weight is 348 g/mol. The Balaban J connectivity index is 1.17. The Kier molecular flexibility index (Phi) is 4.61. The zero-order chi connectivity index (χ0) is 17.9. The number of piperidine rings is 1. The molecule has 1 amide bonds. The van der Waals surface area contributed by atoms with Gasteiger partial charge in [-0.1, -0.05) is 18.2 Å². The largest absolute Gasteiger partial charge is 0.384 e. The molecule has 1 aliphatic heterocycles. The van der Waals surface area contributed by atoms with Crippen LogP contribution in [0.5, 0.6) is 0 Å². The number of nitrogen functional groups attached to an aromatic ring is 1. The second kappa shape index (κ2) is 7.20. The first-order valence-electron chi connectivity index (χ1n) is 9.18. The van der Waals surface area contributed by atoms with Crippen molar-refractivity contribution in [2.45, 2.75) is 6.42 Å². The van der Waals surface area contributed by atoms with Crippen molar-refractivity contribution in [3.63, 3.8) is 0 Å². The minimum atomic E-state index is -0.0569. The molecule has 3 N–H and O–H groups in total. The molecule has 2 aromatic rings. The number of nitrogens with two attached hydrogens (primary N) is 1. The number of benzene rings is 1. The number of pyridine rings is 1. The molecule has 2 aliphatic rings. The van der Waals surface area contributed by atoms with Gasteiger partial charge in [0.15, 0.2) is 0 Å². The Bertz CT molecular complexity index is 775. The van der Waals surface area contributed by atoms with E-state index in [0.29, 0.717) is 5.82 Å². The van der Waals surface area contributed by atoms with Crippen LogP contribution in [0.2, 0.25) is 0 Å². The summed E-state index contributed by atoms with van der Waals surface area (Å²) in [4.78, 5) is 18.4. The number of nitrogens with one attached hydrogen (secondary N) is 1. The van der Waals surface area contributed by atoms with Crippen LogP contribution in [0.25, 0.3) is 6.08 Å². The van der Waals surface area contributed by atoms with E-state index < -0.39 is 0 Å². The predicted octanol–water partition coefficient (Wildman–Crippen LogP) is 2.57. The third kappa shape index (κ3) is 3.72. The summed E-state index contributed by atoms with van der Waals surface area (Å²) in [5.74, 6) is 2.78. The van der Waals surface area contributed by atoms with Crippen molar-refractivity contribution in [1.29, 1.82) is 0 Å². The Hall–Kier alpha value is -2.82. The number of carbonyl (C=O) groups excluding carboxylic acids is 1. The second-order valence-corrected chi connectivity index (χ2v) is 7.16. The first-order chi connectivity index (χ1) is 12.7. The summed E-state index contributed by atoms with van der Waals surface area (Å²) in [5.41, 5.74) is 7.74. The lowest BCUT2D eigenvalue weighted by molar-refractivity contribution is -0.116. The van der Waals surface area contributed by atoms with E-state index in [2.05, 4.69) is 45.5 Å². The van der Waals surface area contributed by atoms with Gasteiger partial charge < -0.3 is 16.0 Å². The molecule has 1 aliphatic carbocycles. The van der Waals surface area contributed by atoms with Gasteiger partial charge in [0.2, 0.25) is 5.91 Å². The lowest BCUT2D eigenvalue weighted by atomic mass is 10.2. The van der Waals surface area contributed by atoms with Crippen molar-refractivity contribution >= 4 is 23.5 Å². The first kappa shape index (κ1) is 16.6. The molecule has 0 spiro atoms. The molecular weight excluding hydrogens is 324 g/mol. The van der Waals surface area contributed by atoms with Crippen molar-refractivity contribution in [2.75, 3.05) is 30.3 Å². The summed E-state index contributed by atoms with van der Waals surface area (Å²) in [7, 11) is 0. The fourth-order valence-electron chi connectivity index (χ4n) is 4.04. The number of fused-ring (bicyclic) bond motifs is 1. The van der Waals surface area contributed by atoms with E-state index in [1.165, 1.54) is 5.69 Å². The number of hydrogen-bond donors (Lipinski definition) is 2. The van der Waals surface area contributed by atoms with Gasteiger partial charge in [-0.3, -0.25) is 4.79 Å². The second-order valence-electron chi connectivity index (χ2n) is 7.16. The lowest BCUT2D eigenvalue weighted by Crippen LogP contribution is -2.26. The predicted molar refractivity (Wildman–Crippen MR) is 104 cm³/mol. The van der Waals surface area contributed by atoms with Crippen LogP contribution < -0.4 is 16.0 Å². The van der Waals surface area contributed by atoms with E-state index in [1.807, 2.05) is 6.07 Å². The molecule has 26 heavy (non-hydrogen) atoms. The van der Waals surface area contributed by atoms with Gasteiger partial charge in [0, 0.05) is 37.6 Å². The molecule has 1 aromatic carbocycles. The van der Waals surface area contributed by atoms with E-state index in [4.69, 9.17) is 5.73 Å². The highest BCUT2D eigenvalue weighted by Gasteiger charge is 2.54. The fourth-order valence-corrected chi connectivity index (χ4v) is 4.04. The third-order valence-electron chi connectivity index (χ3n) is 5.51. The molecule has 1 aromatic heterocycles. The van der Waals surface area contributed by atoms with Crippen LogP contribution in [0.15, 0.2) is 54.7 Å². The SMILES string of the molecule is Nc1ccc(/C=C/C(=O)NCCC2C3CN(c4ccccc4)C[C@@H]23)cn1. The summed E-state index contributed by atoms with van der Waals surface area (Å²) in [5, 5.41) is 2.98. The first-order valence-corrected chi connectivity index (χ1v) is 9.18. The molecule has 134 valence electrons. The summed E-state index contributed by atoms with van der Waals surface area (Å²) in [6.45, 7) is 3.04. The van der Waals surface area contributed by atoms with Gasteiger partial charge in [-0.2, -0.15) is 0 Å². The number of nitrogens with zero attached hydrogens (tertiary/aromatic N) is 2. The van der Waals surface area contributed by atoms with Crippen LogP contribution >= 0.6 is 0 Å². The number of anilines is 2. The van der Waals surface area contributed by atoms with E-state index in [9.17, 15) is 4.79 Å². The lowest BCUT2D eigenvalue weighted by Gasteiger charge is -2.21. The maximum atomic E-state index is 11.9. The zero-order valence-corrected chi connectivity index (χ0v) is 14.7. The number of aromatic nitrogens is 1. The van der Waals surface area contributed by atoms with Crippen LogP contribution in [0, 0.1) is 17.8 Å². The van der Waals surface area contributed by atoms with Gasteiger partial charge in [0.25, 0.3) is 0 Å². The molecule has 1 saturated heterocycles. The topological polar surface area (TPSA) is 71.2 Å². The van der Waals surface area contributed by atoms with Crippen molar-refractivity contribution in [2.24, 2.45) is 17.8 Å². The fraction of sp³-hybridized carbons (Fsp3) is 0.333. The standard InChI is InChI=1S/C21H24N4O/c22-20-8-6-15(12-24-20)7-9-21(26)23-11-10-17-18-13-25(14-19(17)18)16-4-2-1-3-5-16/h1-9,12,17-19H,10-11,13-14H2,(H2,22,24)(H,23,26)/b9-7+/t17?,18-,19?/m0/s1. The normalized spacial score (nSPS) is 23.8. The van der Waals surface area contributed by atoms with Gasteiger partial charge in [0.1, 0.15) is 5.82 Å². The number of hydrogen-bond acceptors (Lipinski definition) is 4. The quantitative estimate of drug-likeness (QED) is 0.787. The van der Waals surface area contributed by atoms with Gasteiger partial charge in [-0.05, 0) is 60.1 Å². The summed E-state index contributed by atoms with van der Waals surface area (Å²) >= 11 is 0. The van der Waals surface area contributed by atoms with Gasteiger partial charge in [-0.15, -0.1) is 0 Å². The number of rotatable bonds is 6. The third-order valence-corrected chi connectivity index (χ3v) is 5.51. The van der Waals surface area contributed by atoms with Crippen LogP contribution in [-0.2, 0) is 4.79 Å². The molecule has 5 nitrogen and oxygen atoms in total. The minimum absolute atomic E-state index is 0.0569. The van der Waals surface area contributed by atoms with Gasteiger partial charge >= 0.3 is 0 Å². The maximum Gasteiger partial charge on any atom is 0.244 e. The van der Waals surface area contributed by atoms with Crippen LogP contribution in [0.4, 0.5) is 11.5 Å². The van der Waals surface area contributed by atoms with Gasteiger partial charge in [-0.25, -0.2) is 4.98 Å². The summed E-state index contributed by atoms with van der Waals surface area (Å²) in [6, 6.07) is 14.2. The average Bonchev–Trinajstić information content (AvgIpc) is 3.11. The molecular formula is C21H24N4O. The van der Waals surface area contributed by atoms with Crippen molar-refractivity contribution in [3.8, 4) is 0 Å². The molecule has 2 fully saturated rings. The molecule has 2 heterocycles. The van der Waals surface area contributed by atoms with Crippen LogP contribution in [0.3, 0.4) is 0 Å². The van der Waals surface area contributed by atoms with E-state index in [0.717, 1.165) is 49.4 Å².